The first-order chi connectivity index (χ1) is 6.04. The Morgan fingerprint density at radius 2 is 2.15 bits per heavy atom. The van der Waals surface area contributed by atoms with Crippen molar-refractivity contribution in [1.82, 2.24) is 4.98 Å². The first-order valence-corrected chi connectivity index (χ1v) is 6.08. The van der Waals surface area contributed by atoms with Crippen LogP contribution in [0.3, 0.4) is 0 Å². The van der Waals surface area contributed by atoms with Gasteiger partial charge in [0.25, 0.3) is 0 Å². The van der Waals surface area contributed by atoms with Crippen LogP contribution < -0.4 is 0 Å². The fraction of sp³-hybridized carbons (Fsp3) is 0.444. The number of hydrogen-bond acceptors (Lipinski definition) is 3. The molecule has 72 valence electrons. The average Bonchev–Trinajstić information content (AvgIpc) is 2.04. The van der Waals surface area contributed by atoms with Crippen LogP contribution in [0.2, 0.25) is 0 Å². The summed E-state index contributed by atoms with van der Waals surface area (Å²) >= 11 is 0. The summed E-state index contributed by atoms with van der Waals surface area (Å²) in [4.78, 5) is 3.80. The Morgan fingerprint density at radius 3 is 2.69 bits per heavy atom. The van der Waals surface area contributed by atoms with Gasteiger partial charge in [0.15, 0.2) is 14.9 Å². The third-order valence-corrected chi connectivity index (χ3v) is 2.70. The second kappa shape index (κ2) is 3.87. The molecule has 0 amide bonds. The van der Waals surface area contributed by atoms with Crippen molar-refractivity contribution in [2.24, 2.45) is 0 Å². The van der Waals surface area contributed by atoms with Gasteiger partial charge in [-0.2, -0.15) is 0 Å². The standard InChI is InChI=1S/C9H13NO2S/c1-3-4-8-5-6-10-9(7-8)13(2,11)12/h5-7H,3-4H2,1-2H3. The molecule has 0 saturated heterocycles. The van der Waals surface area contributed by atoms with E-state index in [-0.39, 0.29) is 5.03 Å². The molecule has 0 bridgehead atoms. The number of hydrogen-bond donors (Lipinski definition) is 0. The molecule has 1 aromatic heterocycles. The van der Waals surface area contributed by atoms with E-state index < -0.39 is 9.84 Å². The molecule has 13 heavy (non-hydrogen) atoms. The van der Waals surface area contributed by atoms with Crippen molar-refractivity contribution in [3.05, 3.63) is 23.9 Å². The molecule has 0 aliphatic rings. The third kappa shape index (κ3) is 2.81. The minimum Gasteiger partial charge on any atom is -0.245 e. The van der Waals surface area contributed by atoms with E-state index in [4.69, 9.17) is 0 Å². The summed E-state index contributed by atoms with van der Waals surface area (Å²) < 4.78 is 22.3. The highest BCUT2D eigenvalue weighted by atomic mass is 32.2. The zero-order valence-corrected chi connectivity index (χ0v) is 8.63. The Kier molecular flexibility index (Phi) is 3.03. The van der Waals surface area contributed by atoms with Crippen molar-refractivity contribution < 1.29 is 8.42 Å². The van der Waals surface area contributed by atoms with Crippen molar-refractivity contribution in [2.45, 2.75) is 24.8 Å². The number of aromatic nitrogens is 1. The van der Waals surface area contributed by atoms with Crippen LogP contribution in [-0.4, -0.2) is 19.7 Å². The van der Waals surface area contributed by atoms with Gasteiger partial charge in [0.2, 0.25) is 0 Å². The highest BCUT2D eigenvalue weighted by molar-refractivity contribution is 7.90. The summed E-state index contributed by atoms with van der Waals surface area (Å²) in [5.74, 6) is 0. The van der Waals surface area contributed by atoms with Gasteiger partial charge in [-0.3, -0.25) is 0 Å². The number of pyridine rings is 1. The van der Waals surface area contributed by atoms with Crippen LogP contribution >= 0.6 is 0 Å². The molecule has 1 heterocycles. The van der Waals surface area contributed by atoms with Gasteiger partial charge in [0.05, 0.1) is 0 Å². The van der Waals surface area contributed by atoms with E-state index in [0.29, 0.717) is 0 Å². The zero-order chi connectivity index (χ0) is 9.90. The molecule has 0 N–H and O–H groups in total. The number of rotatable bonds is 3. The van der Waals surface area contributed by atoms with E-state index in [1.54, 1.807) is 12.3 Å². The van der Waals surface area contributed by atoms with E-state index in [0.717, 1.165) is 18.4 Å². The van der Waals surface area contributed by atoms with Crippen molar-refractivity contribution >= 4 is 9.84 Å². The summed E-state index contributed by atoms with van der Waals surface area (Å²) in [6, 6.07) is 3.48. The van der Waals surface area contributed by atoms with E-state index in [1.807, 2.05) is 6.07 Å². The average molecular weight is 199 g/mol. The molecular weight excluding hydrogens is 186 g/mol. The molecule has 3 nitrogen and oxygen atoms in total. The predicted octanol–water partition coefficient (Wildman–Crippen LogP) is 1.44. The fourth-order valence-electron chi connectivity index (χ4n) is 1.10. The summed E-state index contributed by atoms with van der Waals surface area (Å²) in [5.41, 5.74) is 1.03. The Hall–Kier alpha value is -0.900. The molecule has 4 heteroatoms. The lowest BCUT2D eigenvalue weighted by Crippen LogP contribution is -2.01. The summed E-state index contributed by atoms with van der Waals surface area (Å²) in [7, 11) is -3.15. The van der Waals surface area contributed by atoms with Crippen LogP contribution in [0.15, 0.2) is 23.4 Å². The molecule has 0 aliphatic carbocycles. The second-order valence-corrected chi connectivity index (χ2v) is 4.99. The van der Waals surface area contributed by atoms with Gasteiger partial charge in [0.1, 0.15) is 0 Å². The molecule has 0 aromatic carbocycles. The molecular formula is C9H13NO2S. The summed E-state index contributed by atoms with van der Waals surface area (Å²) in [5, 5.41) is 0.165. The fourth-order valence-corrected chi connectivity index (χ4v) is 1.72. The smallest absolute Gasteiger partial charge is 0.192 e. The molecule has 1 rings (SSSR count). The van der Waals surface area contributed by atoms with E-state index in [9.17, 15) is 8.42 Å². The molecule has 0 radical (unpaired) electrons. The predicted molar refractivity (Wildman–Crippen MR) is 51.3 cm³/mol. The molecule has 0 aliphatic heterocycles. The van der Waals surface area contributed by atoms with Crippen LogP contribution in [0.4, 0.5) is 0 Å². The van der Waals surface area contributed by atoms with Crippen molar-refractivity contribution in [3.8, 4) is 0 Å². The highest BCUT2D eigenvalue weighted by Crippen LogP contribution is 2.09. The highest BCUT2D eigenvalue weighted by Gasteiger charge is 2.08. The lowest BCUT2D eigenvalue weighted by molar-refractivity contribution is 0.598. The molecule has 0 spiro atoms. The van der Waals surface area contributed by atoms with Crippen LogP contribution in [0.5, 0.6) is 0 Å². The molecule has 0 atom stereocenters. The van der Waals surface area contributed by atoms with Gasteiger partial charge in [-0.15, -0.1) is 0 Å². The van der Waals surface area contributed by atoms with Gasteiger partial charge in [0, 0.05) is 12.5 Å². The minimum absolute atomic E-state index is 0.165. The van der Waals surface area contributed by atoms with Crippen molar-refractivity contribution in [1.29, 1.82) is 0 Å². The zero-order valence-electron chi connectivity index (χ0n) is 7.82. The van der Waals surface area contributed by atoms with Crippen LogP contribution in [0.25, 0.3) is 0 Å². The molecule has 1 aromatic rings. The third-order valence-electron chi connectivity index (χ3n) is 1.72. The minimum atomic E-state index is -3.15. The number of sulfone groups is 1. The Balaban J connectivity index is 3.06. The number of nitrogens with zero attached hydrogens (tertiary/aromatic N) is 1. The first-order valence-electron chi connectivity index (χ1n) is 4.19. The van der Waals surface area contributed by atoms with Gasteiger partial charge >= 0.3 is 0 Å². The maximum atomic E-state index is 11.1. The van der Waals surface area contributed by atoms with Gasteiger partial charge in [-0.05, 0) is 24.1 Å². The van der Waals surface area contributed by atoms with E-state index >= 15 is 0 Å². The molecule has 0 fully saturated rings. The normalized spacial score (nSPS) is 11.5. The van der Waals surface area contributed by atoms with Crippen LogP contribution in [-0.2, 0) is 16.3 Å². The van der Waals surface area contributed by atoms with Crippen LogP contribution in [0, 0.1) is 0 Å². The Morgan fingerprint density at radius 1 is 1.46 bits per heavy atom. The topological polar surface area (TPSA) is 47.0 Å². The summed E-state index contributed by atoms with van der Waals surface area (Å²) in [6.07, 6.45) is 4.62. The lowest BCUT2D eigenvalue weighted by Gasteiger charge is -2.00. The lowest BCUT2D eigenvalue weighted by atomic mass is 10.2. The maximum Gasteiger partial charge on any atom is 0.192 e. The Labute approximate surface area is 78.7 Å². The quantitative estimate of drug-likeness (QED) is 0.740. The molecule has 0 unspecified atom stereocenters. The first kappa shape index (κ1) is 10.2. The number of aryl methyl sites for hydroxylation is 1. The van der Waals surface area contributed by atoms with E-state index in [1.165, 1.54) is 6.26 Å². The molecule has 0 saturated carbocycles. The Bertz CT molecular complexity index is 384. The van der Waals surface area contributed by atoms with Crippen LogP contribution in [0.1, 0.15) is 18.9 Å². The van der Waals surface area contributed by atoms with Gasteiger partial charge in [-0.1, -0.05) is 13.3 Å². The van der Waals surface area contributed by atoms with E-state index in [2.05, 4.69) is 11.9 Å². The van der Waals surface area contributed by atoms with Gasteiger partial charge < -0.3 is 0 Å². The van der Waals surface area contributed by atoms with Crippen molar-refractivity contribution in [2.75, 3.05) is 6.26 Å². The SMILES string of the molecule is CCCc1ccnc(S(C)(=O)=O)c1. The maximum absolute atomic E-state index is 11.1. The summed E-state index contributed by atoms with van der Waals surface area (Å²) in [6.45, 7) is 2.06. The monoisotopic (exact) mass is 199 g/mol. The largest absolute Gasteiger partial charge is 0.245 e. The second-order valence-electron chi connectivity index (χ2n) is 3.02. The van der Waals surface area contributed by atoms with Crippen molar-refractivity contribution in [3.63, 3.8) is 0 Å². The van der Waals surface area contributed by atoms with Gasteiger partial charge in [-0.25, -0.2) is 13.4 Å².